The molecule has 198 valence electrons. The number of primary amides is 1. The molecule has 0 aromatic heterocycles. The number of unbranched alkanes of at least 4 members (excludes halogenated alkanes) is 2. The van der Waals surface area contributed by atoms with Crippen molar-refractivity contribution in [2.75, 3.05) is 13.1 Å². The molecule has 9 heteroatoms. The zero-order chi connectivity index (χ0) is 27.3. The van der Waals surface area contributed by atoms with Crippen LogP contribution < -0.4 is 16.4 Å². The van der Waals surface area contributed by atoms with Crippen molar-refractivity contribution in [2.45, 2.75) is 84.4 Å². The predicted molar refractivity (Wildman–Crippen MR) is 139 cm³/mol. The van der Waals surface area contributed by atoms with Crippen LogP contribution in [-0.4, -0.2) is 53.4 Å². The average molecular weight is 501 g/mol. The molecule has 1 aromatic carbocycles. The van der Waals surface area contributed by atoms with Crippen LogP contribution in [0.4, 0.5) is 4.79 Å². The van der Waals surface area contributed by atoms with Crippen molar-refractivity contribution in [3.05, 3.63) is 35.4 Å². The summed E-state index contributed by atoms with van der Waals surface area (Å²) in [6.07, 6.45) is 7.28. The maximum Gasteiger partial charge on any atom is 0.408 e. The Labute approximate surface area is 214 Å². The van der Waals surface area contributed by atoms with Gasteiger partial charge in [-0.25, -0.2) is 4.79 Å². The first-order chi connectivity index (χ1) is 16.9. The van der Waals surface area contributed by atoms with Crippen LogP contribution >= 0.6 is 0 Å². The lowest BCUT2D eigenvalue weighted by atomic mass is 10.0. The van der Waals surface area contributed by atoms with Gasteiger partial charge in [-0.3, -0.25) is 14.4 Å². The van der Waals surface area contributed by atoms with Crippen molar-refractivity contribution in [2.24, 2.45) is 5.73 Å². The molecule has 1 aromatic rings. The monoisotopic (exact) mass is 500 g/mol. The molecule has 2 atom stereocenters. The van der Waals surface area contributed by atoms with Gasteiger partial charge in [0.1, 0.15) is 17.7 Å². The first-order valence-corrected chi connectivity index (χ1v) is 12.4. The highest BCUT2D eigenvalue weighted by atomic mass is 16.6. The fourth-order valence-electron chi connectivity index (χ4n) is 3.58. The lowest BCUT2D eigenvalue weighted by Gasteiger charge is -2.33. The minimum Gasteiger partial charge on any atom is -0.444 e. The van der Waals surface area contributed by atoms with Crippen LogP contribution in [0.15, 0.2) is 24.3 Å². The number of hydrogen-bond donors (Lipinski definition) is 3. The molecule has 0 saturated heterocycles. The topological polar surface area (TPSA) is 131 Å². The molecule has 9 nitrogen and oxygen atoms in total. The third-order valence-electron chi connectivity index (χ3n) is 5.32. The van der Waals surface area contributed by atoms with Crippen LogP contribution in [0, 0.1) is 12.3 Å². The van der Waals surface area contributed by atoms with Crippen molar-refractivity contribution in [3.8, 4) is 12.3 Å². The van der Waals surface area contributed by atoms with E-state index in [4.69, 9.17) is 16.9 Å². The highest BCUT2D eigenvalue weighted by Gasteiger charge is 2.35. The molecule has 36 heavy (non-hydrogen) atoms. The van der Waals surface area contributed by atoms with Crippen LogP contribution in [-0.2, 0) is 19.1 Å². The Morgan fingerprint density at radius 1 is 1.11 bits per heavy atom. The Morgan fingerprint density at radius 2 is 1.75 bits per heavy atom. The van der Waals surface area contributed by atoms with Crippen LogP contribution in [0.5, 0.6) is 0 Å². The molecule has 0 aliphatic carbocycles. The SMILES string of the molecule is C#Cc1ccc(C(C(=O)NCCCCC)N(CC)C(=O)C(CCC(N)=O)NC(=O)OC(C)(C)C)cc1. The fraction of sp³-hybridized carbons (Fsp3) is 0.556. The average Bonchev–Trinajstić information content (AvgIpc) is 2.81. The third-order valence-corrected chi connectivity index (χ3v) is 5.32. The Balaban J connectivity index is 3.32. The van der Waals surface area contributed by atoms with E-state index in [1.165, 1.54) is 4.90 Å². The molecule has 4 N–H and O–H groups in total. The molecular formula is C27H40N4O5. The van der Waals surface area contributed by atoms with Gasteiger partial charge in [-0.1, -0.05) is 37.8 Å². The van der Waals surface area contributed by atoms with E-state index in [2.05, 4.69) is 23.5 Å². The summed E-state index contributed by atoms with van der Waals surface area (Å²) in [7, 11) is 0. The van der Waals surface area contributed by atoms with E-state index in [0.717, 1.165) is 19.3 Å². The second-order valence-electron chi connectivity index (χ2n) is 9.50. The maximum absolute atomic E-state index is 13.7. The maximum atomic E-state index is 13.7. The molecule has 0 spiro atoms. The number of hydrogen-bond acceptors (Lipinski definition) is 5. The number of nitrogens with zero attached hydrogens (tertiary/aromatic N) is 1. The molecule has 0 bridgehead atoms. The minimum atomic E-state index is -1.12. The van der Waals surface area contributed by atoms with Gasteiger partial charge >= 0.3 is 6.09 Å². The normalized spacial score (nSPS) is 12.6. The zero-order valence-electron chi connectivity index (χ0n) is 22.1. The summed E-state index contributed by atoms with van der Waals surface area (Å²) in [6, 6.07) is 4.74. The fourth-order valence-corrected chi connectivity index (χ4v) is 3.58. The van der Waals surface area contributed by atoms with Gasteiger partial charge in [0.15, 0.2) is 0 Å². The van der Waals surface area contributed by atoms with Gasteiger partial charge < -0.3 is 26.0 Å². The molecule has 2 unspecified atom stereocenters. The molecule has 4 amide bonds. The molecule has 0 aliphatic rings. The number of nitrogens with one attached hydrogen (secondary N) is 2. The largest absolute Gasteiger partial charge is 0.444 e. The Hall–Kier alpha value is -3.54. The standard InChI is InChI=1S/C27H40N4O5/c1-7-10-11-18-29-24(33)23(20-14-12-19(8-2)13-15-20)31(9-3)25(34)21(16-17-22(28)32)30-26(35)36-27(4,5)6/h2,12-15,21,23H,7,9-11,16-18H2,1,3-6H3,(H2,28,32)(H,29,33)(H,30,35). The highest BCUT2D eigenvalue weighted by molar-refractivity contribution is 5.92. The number of ether oxygens (including phenoxy) is 1. The van der Waals surface area contributed by atoms with Crippen LogP contribution in [0.1, 0.15) is 83.9 Å². The molecule has 0 saturated carbocycles. The van der Waals surface area contributed by atoms with E-state index in [-0.39, 0.29) is 25.3 Å². The van der Waals surface area contributed by atoms with Crippen molar-refractivity contribution in [1.29, 1.82) is 0 Å². The lowest BCUT2D eigenvalue weighted by molar-refractivity contribution is -0.142. The number of amides is 4. The van der Waals surface area contributed by atoms with E-state index >= 15 is 0 Å². The summed E-state index contributed by atoms with van der Waals surface area (Å²) in [5.41, 5.74) is 5.73. The van der Waals surface area contributed by atoms with Gasteiger partial charge in [0.2, 0.25) is 17.7 Å². The van der Waals surface area contributed by atoms with E-state index in [9.17, 15) is 19.2 Å². The van der Waals surface area contributed by atoms with E-state index < -0.39 is 35.6 Å². The van der Waals surface area contributed by atoms with Gasteiger partial charge in [-0.15, -0.1) is 6.42 Å². The number of carbonyl (C=O) groups excluding carboxylic acids is 4. The minimum absolute atomic E-state index is 0.0369. The second kappa shape index (κ2) is 14.8. The number of carbonyl (C=O) groups is 4. The summed E-state index contributed by atoms with van der Waals surface area (Å²) in [5, 5.41) is 5.46. The third kappa shape index (κ3) is 10.4. The first kappa shape index (κ1) is 30.5. The summed E-state index contributed by atoms with van der Waals surface area (Å²) < 4.78 is 5.30. The number of nitrogens with two attached hydrogens (primary N) is 1. The van der Waals surface area contributed by atoms with E-state index in [0.29, 0.717) is 17.7 Å². The van der Waals surface area contributed by atoms with Crippen molar-refractivity contribution in [1.82, 2.24) is 15.5 Å². The van der Waals surface area contributed by atoms with Gasteiger partial charge in [0.25, 0.3) is 0 Å². The Morgan fingerprint density at radius 3 is 2.25 bits per heavy atom. The van der Waals surface area contributed by atoms with Gasteiger partial charge in [-0.05, 0) is 58.2 Å². The first-order valence-electron chi connectivity index (χ1n) is 12.4. The lowest BCUT2D eigenvalue weighted by Crippen LogP contribution is -2.53. The Bertz CT molecular complexity index is 931. The van der Waals surface area contributed by atoms with E-state index in [1.54, 1.807) is 52.0 Å². The van der Waals surface area contributed by atoms with Crippen molar-refractivity contribution < 1.29 is 23.9 Å². The van der Waals surface area contributed by atoms with Gasteiger partial charge in [0, 0.05) is 25.1 Å². The summed E-state index contributed by atoms with van der Waals surface area (Å²) in [5.74, 6) is 1.05. The zero-order valence-corrected chi connectivity index (χ0v) is 22.1. The smallest absolute Gasteiger partial charge is 0.408 e. The molecule has 0 heterocycles. The number of rotatable bonds is 13. The molecule has 0 radical (unpaired) electrons. The van der Waals surface area contributed by atoms with Crippen molar-refractivity contribution >= 4 is 23.8 Å². The summed E-state index contributed by atoms with van der Waals surface area (Å²) >= 11 is 0. The number of alkyl carbamates (subject to hydrolysis) is 1. The Kier molecular flexibility index (Phi) is 12.5. The van der Waals surface area contributed by atoms with Gasteiger partial charge in [0.05, 0.1) is 0 Å². The predicted octanol–water partition coefficient (Wildman–Crippen LogP) is 3.02. The number of benzene rings is 1. The molecular weight excluding hydrogens is 460 g/mol. The quantitative estimate of drug-likeness (QED) is 0.283. The van der Waals surface area contributed by atoms with E-state index in [1.807, 2.05) is 0 Å². The number of terminal acetylenes is 1. The number of likely N-dealkylation sites (N-methyl/N-ethyl adjacent to an activating group) is 1. The van der Waals surface area contributed by atoms with Crippen molar-refractivity contribution in [3.63, 3.8) is 0 Å². The molecule has 1 rings (SSSR count). The summed E-state index contributed by atoms with van der Waals surface area (Å²) in [4.78, 5) is 52.3. The molecule has 0 fully saturated rings. The summed E-state index contributed by atoms with van der Waals surface area (Å²) in [6.45, 7) is 9.55. The van der Waals surface area contributed by atoms with Gasteiger partial charge in [-0.2, -0.15) is 0 Å². The van der Waals surface area contributed by atoms with Crippen LogP contribution in [0.3, 0.4) is 0 Å². The second-order valence-corrected chi connectivity index (χ2v) is 9.50. The van der Waals surface area contributed by atoms with Crippen LogP contribution in [0.25, 0.3) is 0 Å². The van der Waals surface area contributed by atoms with Crippen LogP contribution in [0.2, 0.25) is 0 Å². The molecule has 0 aliphatic heterocycles. The highest BCUT2D eigenvalue weighted by Crippen LogP contribution is 2.24.